The van der Waals surface area contributed by atoms with E-state index in [1.807, 2.05) is 41.1 Å². The normalized spacial score (nSPS) is 11.0. The van der Waals surface area contributed by atoms with Crippen LogP contribution in [0.1, 0.15) is 12.0 Å². The second-order valence-corrected chi connectivity index (χ2v) is 7.82. The molecule has 30 heavy (non-hydrogen) atoms. The van der Waals surface area contributed by atoms with Crippen LogP contribution in [0, 0.1) is 5.82 Å². The largest absolute Gasteiger partial charge is 0.497 e. The molecule has 0 saturated carbocycles. The molecule has 0 aliphatic heterocycles. The molecule has 0 N–H and O–H groups in total. The van der Waals surface area contributed by atoms with Gasteiger partial charge in [0.25, 0.3) is 0 Å². The number of imidazole rings is 1. The average Bonchev–Trinajstić information content (AvgIpc) is 3.42. The molecule has 0 saturated heterocycles. The monoisotopic (exact) mass is 424 g/mol. The van der Waals surface area contributed by atoms with Crippen molar-refractivity contribution in [3.8, 4) is 5.75 Å². The second kappa shape index (κ2) is 9.04. The van der Waals surface area contributed by atoms with Gasteiger partial charge in [-0.1, -0.05) is 29.5 Å². The molecule has 0 unspecified atom stereocenters. The Morgan fingerprint density at radius 1 is 1.23 bits per heavy atom. The number of methoxy groups -OCH3 is 1. The highest BCUT2D eigenvalue weighted by atomic mass is 32.1. The molecule has 0 aliphatic rings. The Hall–Kier alpha value is -3.26. The molecule has 1 amide bonds. The SMILES string of the molecule is COc1ccc(CC(=O)N(CCCn2ccnc2)c2nc3c(F)cccc3s2)cc1. The van der Waals surface area contributed by atoms with E-state index in [9.17, 15) is 9.18 Å². The fourth-order valence-corrected chi connectivity index (χ4v) is 4.21. The van der Waals surface area contributed by atoms with Crippen molar-refractivity contribution in [1.82, 2.24) is 14.5 Å². The van der Waals surface area contributed by atoms with Crippen LogP contribution < -0.4 is 9.64 Å². The first-order valence-electron chi connectivity index (χ1n) is 9.58. The van der Waals surface area contributed by atoms with E-state index in [1.54, 1.807) is 30.6 Å². The number of fused-ring (bicyclic) bond motifs is 1. The van der Waals surface area contributed by atoms with E-state index in [1.165, 1.54) is 17.4 Å². The van der Waals surface area contributed by atoms with E-state index >= 15 is 0 Å². The number of amides is 1. The first kappa shape index (κ1) is 20.0. The number of ether oxygens (including phenoxy) is 1. The topological polar surface area (TPSA) is 60.2 Å². The molecule has 154 valence electrons. The fourth-order valence-electron chi connectivity index (χ4n) is 3.19. The molecular formula is C22H21FN4O2S. The molecule has 6 nitrogen and oxygen atoms in total. The predicted molar refractivity (Wildman–Crippen MR) is 115 cm³/mol. The molecule has 2 aromatic carbocycles. The van der Waals surface area contributed by atoms with Crippen LogP contribution in [0.25, 0.3) is 10.2 Å². The number of aryl methyl sites for hydroxylation is 1. The van der Waals surface area contributed by atoms with E-state index in [0.717, 1.165) is 29.0 Å². The lowest BCUT2D eigenvalue weighted by molar-refractivity contribution is -0.118. The van der Waals surface area contributed by atoms with Gasteiger partial charge in [-0.2, -0.15) is 0 Å². The highest BCUT2D eigenvalue weighted by molar-refractivity contribution is 7.22. The average molecular weight is 425 g/mol. The molecule has 0 bridgehead atoms. The lowest BCUT2D eigenvalue weighted by Gasteiger charge is -2.20. The summed E-state index contributed by atoms with van der Waals surface area (Å²) < 4.78 is 22.0. The van der Waals surface area contributed by atoms with Gasteiger partial charge in [-0.05, 0) is 36.2 Å². The predicted octanol–water partition coefficient (Wildman–Crippen LogP) is 4.31. The van der Waals surface area contributed by atoms with Gasteiger partial charge in [0.05, 0.1) is 24.6 Å². The summed E-state index contributed by atoms with van der Waals surface area (Å²) in [5.74, 6) is 0.284. The number of thiazole rings is 1. The smallest absolute Gasteiger partial charge is 0.233 e. The third kappa shape index (κ3) is 4.49. The Morgan fingerprint density at radius 3 is 2.77 bits per heavy atom. The van der Waals surface area contributed by atoms with Crippen LogP contribution in [0.15, 0.2) is 61.2 Å². The van der Waals surface area contributed by atoms with E-state index in [2.05, 4.69) is 9.97 Å². The van der Waals surface area contributed by atoms with Crippen LogP contribution in [0.5, 0.6) is 5.75 Å². The number of aromatic nitrogens is 3. The van der Waals surface area contributed by atoms with Crippen molar-refractivity contribution in [1.29, 1.82) is 0 Å². The summed E-state index contributed by atoms with van der Waals surface area (Å²) in [6.45, 7) is 1.21. The van der Waals surface area contributed by atoms with E-state index in [4.69, 9.17) is 4.74 Å². The third-order valence-electron chi connectivity index (χ3n) is 4.76. The molecule has 2 aromatic heterocycles. The summed E-state index contributed by atoms with van der Waals surface area (Å²) in [5.41, 5.74) is 1.18. The zero-order valence-electron chi connectivity index (χ0n) is 16.5. The molecule has 4 rings (SSSR count). The fraction of sp³-hybridized carbons (Fsp3) is 0.227. The van der Waals surface area contributed by atoms with Gasteiger partial charge in [-0.25, -0.2) is 14.4 Å². The summed E-state index contributed by atoms with van der Waals surface area (Å²) in [7, 11) is 1.61. The number of hydrogen-bond donors (Lipinski definition) is 0. The van der Waals surface area contributed by atoms with Gasteiger partial charge >= 0.3 is 0 Å². The third-order valence-corrected chi connectivity index (χ3v) is 5.81. The van der Waals surface area contributed by atoms with Crippen LogP contribution >= 0.6 is 11.3 Å². The second-order valence-electron chi connectivity index (χ2n) is 6.81. The van der Waals surface area contributed by atoms with Crippen molar-refractivity contribution in [2.45, 2.75) is 19.4 Å². The quantitative estimate of drug-likeness (QED) is 0.423. The van der Waals surface area contributed by atoms with Gasteiger partial charge in [0.1, 0.15) is 17.1 Å². The highest BCUT2D eigenvalue weighted by Gasteiger charge is 2.21. The summed E-state index contributed by atoms with van der Waals surface area (Å²) in [6.07, 6.45) is 6.31. The summed E-state index contributed by atoms with van der Waals surface area (Å²) in [4.78, 5) is 23.3. The standard InChI is InChI=1S/C22H21FN4O2S/c1-29-17-8-6-16(7-9-17)14-20(28)27(12-3-11-26-13-10-24-15-26)22-25-21-18(23)4-2-5-19(21)30-22/h2,4-10,13,15H,3,11-12,14H2,1H3. The summed E-state index contributed by atoms with van der Waals surface area (Å²) in [6, 6.07) is 12.3. The Balaban J connectivity index is 1.56. The minimum Gasteiger partial charge on any atom is -0.497 e. The lowest BCUT2D eigenvalue weighted by atomic mass is 10.1. The molecular weight excluding hydrogens is 403 g/mol. The molecule has 2 heterocycles. The van der Waals surface area contributed by atoms with Crippen molar-refractivity contribution in [2.24, 2.45) is 0 Å². The number of carbonyl (C=O) groups excluding carboxylic acids is 1. The molecule has 0 radical (unpaired) electrons. The van der Waals surface area contributed by atoms with Crippen molar-refractivity contribution < 1.29 is 13.9 Å². The maximum Gasteiger partial charge on any atom is 0.233 e. The minimum atomic E-state index is -0.379. The van der Waals surface area contributed by atoms with Gasteiger partial charge in [0, 0.05) is 25.5 Å². The van der Waals surface area contributed by atoms with Gasteiger partial charge < -0.3 is 9.30 Å². The first-order chi connectivity index (χ1) is 14.6. The minimum absolute atomic E-state index is 0.0785. The van der Waals surface area contributed by atoms with Gasteiger partial charge in [-0.15, -0.1) is 0 Å². The zero-order valence-corrected chi connectivity index (χ0v) is 17.3. The molecule has 0 fully saturated rings. The first-order valence-corrected chi connectivity index (χ1v) is 10.4. The number of rotatable bonds is 8. The molecule has 4 aromatic rings. The van der Waals surface area contributed by atoms with Crippen LogP contribution in [0.2, 0.25) is 0 Å². The number of para-hydroxylation sites is 1. The number of anilines is 1. The van der Waals surface area contributed by atoms with Crippen LogP contribution in [-0.2, 0) is 17.8 Å². The molecule has 8 heteroatoms. The van der Waals surface area contributed by atoms with Crippen LogP contribution in [0.3, 0.4) is 0 Å². The maximum absolute atomic E-state index is 14.1. The van der Waals surface area contributed by atoms with Gasteiger partial charge in [-0.3, -0.25) is 9.69 Å². The van der Waals surface area contributed by atoms with Crippen molar-refractivity contribution in [3.05, 3.63) is 72.6 Å². The number of carbonyl (C=O) groups is 1. The number of hydrogen-bond acceptors (Lipinski definition) is 5. The molecule has 0 spiro atoms. The molecule has 0 atom stereocenters. The Bertz CT molecular complexity index is 1130. The molecule has 0 aliphatic carbocycles. The number of benzene rings is 2. The number of nitrogens with zero attached hydrogens (tertiary/aromatic N) is 4. The highest BCUT2D eigenvalue weighted by Crippen LogP contribution is 2.31. The van der Waals surface area contributed by atoms with Gasteiger partial charge in [0.2, 0.25) is 5.91 Å². The van der Waals surface area contributed by atoms with Gasteiger partial charge in [0.15, 0.2) is 5.13 Å². The van der Waals surface area contributed by atoms with Crippen molar-refractivity contribution in [2.75, 3.05) is 18.6 Å². The maximum atomic E-state index is 14.1. The Kier molecular flexibility index (Phi) is 6.04. The zero-order chi connectivity index (χ0) is 20.9. The van der Waals surface area contributed by atoms with Crippen LogP contribution in [-0.4, -0.2) is 34.1 Å². The van der Waals surface area contributed by atoms with E-state index in [-0.39, 0.29) is 18.1 Å². The van der Waals surface area contributed by atoms with E-state index < -0.39 is 0 Å². The van der Waals surface area contributed by atoms with Crippen molar-refractivity contribution in [3.63, 3.8) is 0 Å². The Labute approximate surface area is 177 Å². The summed E-state index contributed by atoms with van der Waals surface area (Å²) >= 11 is 1.33. The Morgan fingerprint density at radius 2 is 2.07 bits per heavy atom. The number of halogens is 1. The lowest BCUT2D eigenvalue weighted by Crippen LogP contribution is -2.33. The van der Waals surface area contributed by atoms with E-state index in [0.29, 0.717) is 17.2 Å². The van der Waals surface area contributed by atoms with Crippen LogP contribution in [0.4, 0.5) is 9.52 Å². The van der Waals surface area contributed by atoms with Crippen molar-refractivity contribution >= 4 is 32.6 Å². The summed E-state index contributed by atoms with van der Waals surface area (Å²) in [5, 5.41) is 0.513.